The molecule has 1 aliphatic rings. The fourth-order valence-corrected chi connectivity index (χ4v) is 3.12. The van der Waals surface area contributed by atoms with E-state index in [0.29, 0.717) is 25.0 Å². The molecule has 1 aromatic heterocycles. The van der Waals surface area contributed by atoms with Crippen LogP contribution in [0.1, 0.15) is 16.4 Å². The number of thiophene rings is 1. The molecule has 1 aromatic carbocycles. The van der Waals surface area contributed by atoms with Gasteiger partial charge in [0.05, 0.1) is 13.2 Å². The van der Waals surface area contributed by atoms with E-state index in [9.17, 15) is 0 Å². The van der Waals surface area contributed by atoms with Gasteiger partial charge in [-0.1, -0.05) is 24.3 Å². The second-order valence-electron chi connectivity index (χ2n) is 5.03. The van der Waals surface area contributed by atoms with Crippen molar-refractivity contribution in [1.82, 2.24) is 5.32 Å². The third-order valence-corrected chi connectivity index (χ3v) is 4.47. The van der Waals surface area contributed by atoms with E-state index in [1.54, 1.807) is 11.3 Å². The lowest BCUT2D eigenvalue weighted by Gasteiger charge is -2.08. The summed E-state index contributed by atoms with van der Waals surface area (Å²) in [5.41, 5.74) is 7.14. The zero-order valence-corrected chi connectivity index (χ0v) is 15.3. The number of ether oxygens (including phenoxy) is 1. The summed E-state index contributed by atoms with van der Waals surface area (Å²) in [6.07, 6.45) is 0.975. The highest BCUT2D eigenvalue weighted by molar-refractivity contribution is 14.0. The summed E-state index contributed by atoms with van der Waals surface area (Å²) in [5, 5.41) is 5.25. The predicted octanol–water partition coefficient (Wildman–Crippen LogP) is 2.99. The van der Waals surface area contributed by atoms with Gasteiger partial charge in [0.2, 0.25) is 0 Å². The molecule has 2 aromatic rings. The van der Waals surface area contributed by atoms with Crippen molar-refractivity contribution in [1.29, 1.82) is 0 Å². The molecule has 22 heavy (non-hydrogen) atoms. The highest BCUT2D eigenvalue weighted by Gasteiger charge is 2.22. The second-order valence-corrected chi connectivity index (χ2v) is 6.06. The Kier molecular flexibility index (Phi) is 6.50. The maximum absolute atomic E-state index is 5.91. The van der Waals surface area contributed by atoms with Crippen LogP contribution in [0, 0.1) is 0 Å². The van der Waals surface area contributed by atoms with Gasteiger partial charge < -0.3 is 15.8 Å². The number of hydrogen-bond donors (Lipinski definition) is 2. The van der Waals surface area contributed by atoms with Crippen molar-refractivity contribution in [2.24, 2.45) is 10.7 Å². The van der Waals surface area contributed by atoms with Gasteiger partial charge in [-0.2, -0.15) is 0 Å². The van der Waals surface area contributed by atoms with Gasteiger partial charge in [-0.15, -0.1) is 35.3 Å². The lowest BCUT2D eigenvalue weighted by atomic mass is 10.0. The van der Waals surface area contributed by atoms with Gasteiger partial charge in [-0.3, -0.25) is 4.99 Å². The Morgan fingerprint density at radius 1 is 1.32 bits per heavy atom. The van der Waals surface area contributed by atoms with Crippen molar-refractivity contribution in [2.75, 3.05) is 19.7 Å². The molecule has 0 radical (unpaired) electrons. The highest BCUT2D eigenvalue weighted by atomic mass is 127. The minimum absolute atomic E-state index is 0. The Bertz CT molecular complexity index is 616. The molecule has 0 amide bonds. The molecule has 0 fully saturated rings. The molecule has 3 N–H and O–H groups in total. The maximum Gasteiger partial charge on any atom is 0.188 e. The number of halogens is 1. The van der Waals surface area contributed by atoms with Gasteiger partial charge in [0.15, 0.2) is 5.96 Å². The van der Waals surface area contributed by atoms with Crippen LogP contribution in [-0.2, 0) is 6.42 Å². The van der Waals surface area contributed by atoms with E-state index >= 15 is 0 Å². The van der Waals surface area contributed by atoms with E-state index in [-0.39, 0.29) is 24.0 Å². The number of fused-ring (bicyclic) bond motifs is 1. The fourth-order valence-electron chi connectivity index (χ4n) is 2.41. The van der Waals surface area contributed by atoms with Gasteiger partial charge in [0, 0.05) is 22.9 Å². The summed E-state index contributed by atoms with van der Waals surface area (Å²) in [7, 11) is 0. The van der Waals surface area contributed by atoms with Crippen LogP contribution >= 0.6 is 35.3 Å². The number of nitrogens with two attached hydrogens (primary N) is 1. The SMILES string of the molecule is I.NC(=NCC1COc2ccccc21)NCCc1cccs1. The van der Waals surface area contributed by atoms with Crippen molar-refractivity contribution in [3.8, 4) is 5.75 Å². The molecular formula is C16H20IN3OS. The van der Waals surface area contributed by atoms with E-state index in [1.165, 1.54) is 10.4 Å². The molecule has 0 saturated heterocycles. The monoisotopic (exact) mass is 429 g/mol. The summed E-state index contributed by atoms with van der Waals surface area (Å²) >= 11 is 1.76. The summed E-state index contributed by atoms with van der Waals surface area (Å²) in [6.45, 7) is 2.16. The van der Waals surface area contributed by atoms with Crippen molar-refractivity contribution in [2.45, 2.75) is 12.3 Å². The molecule has 6 heteroatoms. The van der Waals surface area contributed by atoms with Crippen LogP contribution in [0.5, 0.6) is 5.75 Å². The van der Waals surface area contributed by atoms with E-state index in [0.717, 1.165) is 18.7 Å². The summed E-state index contributed by atoms with van der Waals surface area (Å²) in [4.78, 5) is 5.79. The van der Waals surface area contributed by atoms with Crippen molar-refractivity contribution in [3.63, 3.8) is 0 Å². The van der Waals surface area contributed by atoms with Crippen LogP contribution in [0.3, 0.4) is 0 Å². The molecular weight excluding hydrogens is 409 g/mol. The Labute approximate surface area is 151 Å². The first kappa shape index (κ1) is 17.1. The molecule has 118 valence electrons. The number of nitrogens with zero attached hydrogens (tertiary/aromatic N) is 1. The molecule has 4 nitrogen and oxygen atoms in total. The molecule has 1 aliphatic heterocycles. The first-order valence-electron chi connectivity index (χ1n) is 7.11. The van der Waals surface area contributed by atoms with Crippen molar-refractivity contribution < 1.29 is 4.74 Å². The third kappa shape index (κ3) is 4.36. The lowest BCUT2D eigenvalue weighted by molar-refractivity contribution is 0.333. The standard InChI is InChI=1S/C16H19N3OS.HI/c17-16(18-8-7-13-4-3-9-21-13)19-10-12-11-20-15-6-2-1-5-14(12)15;/h1-6,9,12H,7-8,10-11H2,(H3,17,18,19);1H. The molecule has 3 rings (SSSR count). The Hall–Kier alpha value is -1.28. The zero-order valence-electron chi connectivity index (χ0n) is 12.2. The first-order valence-corrected chi connectivity index (χ1v) is 7.99. The average Bonchev–Trinajstić information content (AvgIpc) is 3.14. The normalized spacial score (nSPS) is 16.5. The van der Waals surface area contributed by atoms with Gasteiger partial charge in [-0.25, -0.2) is 0 Å². The third-order valence-electron chi connectivity index (χ3n) is 3.54. The van der Waals surface area contributed by atoms with Gasteiger partial charge in [-0.05, 0) is 23.9 Å². The molecule has 2 heterocycles. The topological polar surface area (TPSA) is 59.6 Å². The highest BCUT2D eigenvalue weighted by Crippen LogP contribution is 2.33. The van der Waals surface area contributed by atoms with E-state index < -0.39 is 0 Å². The number of nitrogens with one attached hydrogen (secondary N) is 1. The van der Waals surface area contributed by atoms with Gasteiger partial charge in [0.25, 0.3) is 0 Å². The number of hydrogen-bond acceptors (Lipinski definition) is 3. The minimum Gasteiger partial charge on any atom is -0.493 e. The zero-order chi connectivity index (χ0) is 14.5. The number of aliphatic imine (C=N–C) groups is 1. The average molecular weight is 429 g/mol. The number of rotatable bonds is 5. The molecule has 1 atom stereocenters. The van der Waals surface area contributed by atoms with Crippen molar-refractivity contribution in [3.05, 3.63) is 52.2 Å². The van der Waals surface area contributed by atoms with Gasteiger partial charge >= 0.3 is 0 Å². The molecule has 1 unspecified atom stereocenters. The molecule has 0 bridgehead atoms. The smallest absolute Gasteiger partial charge is 0.188 e. The second kappa shape index (κ2) is 8.38. The lowest BCUT2D eigenvalue weighted by Crippen LogP contribution is -2.33. The molecule has 0 aliphatic carbocycles. The number of guanidine groups is 1. The quantitative estimate of drug-likeness (QED) is 0.437. The van der Waals surface area contributed by atoms with Crippen LogP contribution in [0.15, 0.2) is 46.8 Å². The van der Waals surface area contributed by atoms with E-state index in [4.69, 9.17) is 10.5 Å². The number of para-hydroxylation sites is 1. The number of benzene rings is 1. The van der Waals surface area contributed by atoms with Crippen molar-refractivity contribution >= 4 is 41.3 Å². The summed E-state index contributed by atoms with van der Waals surface area (Å²) < 4.78 is 5.64. The van der Waals surface area contributed by atoms with E-state index in [1.807, 2.05) is 18.2 Å². The van der Waals surface area contributed by atoms with E-state index in [2.05, 4.69) is 33.9 Å². The predicted molar refractivity (Wildman–Crippen MR) is 103 cm³/mol. The summed E-state index contributed by atoms with van der Waals surface area (Å²) in [5.74, 6) is 1.79. The van der Waals surface area contributed by atoms with Crippen LogP contribution in [-0.4, -0.2) is 25.7 Å². The van der Waals surface area contributed by atoms with Crippen LogP contribution < -0.4 is 15.8 Å². The first-order chi connectivity index (χ1) is 10.3. The van der Waals surface area contributed by atoms with Gasteiger partial charge in [0.1, 0.15) is 5.75 Å². The Morgan fingerprint density at radius 3 is 3.00 bits per heavy atom. The molecule has 0 spiro atoms. The minimum atomic E-state index is 0. The summed E-state index contributed by atoms with van der Waals surface area (Å²) in [6, 6.07) is 12.3. The maximum atomic E-state index is 5.91. The fraction of sp³-hybridized carbons (Fsp3) is 0.312. The Balaban J connectivity index is 0.00000176. The van der Waals surface area contributed by atoms with Crippen LogP contribution in [0.2, 0.25) is 0 Å². The molecule has 0 saturated carbocycles. The Morgan fingerprint density at radius 2 is 2.18 bits per heavy atom. The van der Waals surface area contributed by atoms with Crippen LogP contribution in [0.25, 0.3) is 0 Å². The largest absolute Gasteiger partial charge is 0.493 e. The van der Waals surface area contributed by atoms with Crippen LogP contribution in [0.4, 0.5) is 0 Å².